The van der Waals surface area contributed by atoms with Crippen LogP contribution >= 0.6 is 11.8 Å². The number of hydrogen-bond acceptors (Lipinski definition) is 5. The number of imide groups is 1. The van der Waals surface area contributed by atoms with Crippen molar-refractivity contribution in [2.45, 2.75) is 37.5 Å². The standard InChI is InChI=1S/C23H24N2O4S/c1-15-12-18(10-11-21(15)25(28)29)30-14-17-8-6-16(7-9-17)13-24-22(26)19-4-2-3-5-20(19)23(24)27/h2-5,10-12,16-17H,6-9,13-14H2,1H3. The van der Waals surface area contributed by atoms with Gasteiger partial charge < -0.3 is 0 Å². The molecule has 0 unspecified atom stereocenters. The van der Waals surface area contributed by atoms with Crippen LogP contribution in [0.2, 0.25) is 0 Å². The fourth-order valence-corrected chi connectivity index (χ4v) is 5.57. The zero-order valence-corrected chi connectivity index (χ0v) is 17.7. The summed E-state index contributed by atoms with van der Waals surface area (Å²) in [5.74, 6) is 1.60. The quantitative estimate of drug-likeness (QED) is 0.279. The van der Waals surface area contributed by atoms with Crippen LogP contribution in [0.3, 0.4) is 0 Å². The molecule has 2 aromatic carbocycles. The van der Waals surface area contributed by atoms with Crippen LogP contribution in [0.4, 0.5) is 5.69 Å². The van der Waals surface area contributed by atoms with Gasteiger partial charge in [0, 0.05) is 28.8 Å². The topological polar surface area (TPSA) is 80.5 Å². The first-order chi connectivity index (χ1) is 14.4. The Labute approximate surface area is 179 Å². The van der Waals surface area contributed by atoms with Crippen molar-refractivity contribution in [3.8, 4) is 0 Å². The van der Waals surface area contributed by atoms with E-state index in [0.29, 0.717) is 35.1 Å². The third kappa shape index (κ3) is 4.12. The Hall–Kier alpha value is -2.67. The number of rotatable bonds is 6. The van der Waals surface area contributed by atoms with Crippen molar-refractivity contribution < 1.29 is 14.5 Å². The monoisotopic (exact) mass is 424 g/mol. The number of fused-ring (bicyclic) bond motifs is 1. The first kappa shape index (κ1) is 20.6. The minimum Gasteiger partial charge on any atom is -0.274 e. The first-order valence-corrected chi connectivity index (χ1v) is 11.3. The fourth-order valence-electron chi connectivity index (χ4n) is 4.38. The number of benzene rings is 2. The molecule has 2 aliphatic rings. The summed E-state index contributed by atoms with van der Waals surface area (Å²) in [5.41, 5.74) is 1.89. The number of hydrogen-bond donors (Lipinski definition) is 0. The highest BCUT2D eigenvalue weighted by molar-refractivity contribution is 7.99. The van der Waals surface area contributed by atoms with Crippen LogP contribution in [-0.2, 0) is 0 Å². The van der Waals surface area contributed by atoms with Gasteiger partial charge in [-0.2, -0.15) is 0 Å². The number of carbonyl (C=O) groups excluding carboxylic acids is 2. The lowest BCUT2D eigenvalue weighted by atomic mass is 9.82. The summed E-state index contributed by atoms with van der Waals surface area (Å²) in [6.07, 6.45) is 4.18. The summed E-state index contributed by atoms with van der Waals surface area (Å²) in [7, 11) is 0. The third-order valence-corrected chi connectivity index (χ3v) is 7.36. The predicted octanol–water partition coefficient (Wildman–Crippen LogP) is 5.10. The second kappa shape index (κ2) is 8.60. The van der Waals surface area contributed by atoms with E-state index in [1.807, 2.05) is 12.1 Å². The number of carbonyl (C=O) groups is 2. The lowest BCUT2D eigenvalue weighted by molar-refractivity contribution is -0.385. The average molecular weight is 425 g/mol. The van der Waals surface area contributed by atoms with Crippen molar-refractivity contribution in [1.82, 2.24) is 4.90 Å². The Morgan fingerprint density at radius 3 is 2.17 bits per heavy atom. The Morgan fingerprint density at radius 1 is 1.00 bits per heavy atom. The molecule has 4 rings (SSSR count). The van der Waals surface area contributed by atoms with Crippen molar-refractivity contribution in [2.24, 2.45) is 11.8 Å². The molecule has 7 heteroatoms. The van der Waals surface area contributed by atoms with E-state index >= 15 is 0 Å². The fraction of sp³-hybridized carbons (Fsp3) is 0.391. The molecule has 156 valence electrons. The maximum atomic E-state index is 12.6. The molecule has 0 N–H and O–H groups in total. The van der Waals surface area contributed by atoms with E-state index in [-0.39, 0.29) is 22.4 Å². The van der Waals surface area contributed by atoms with Gasteiger partial charge in [-0.3, -0.25) is 24.6 Å². The minimum atomic E-state index is -0.348. The van der Waals surface area contributed by atoms with E-state index in [1.165, 1.54) is 4.90 Å². The second-order valence-corrected chi connectivity index (χ2v) is 9.26. The maximum Gasteiger partial charge on any atom is 0.272 e. The first-order valence-electron chi connectivity index (χ1n) is 10.3. The van der Waals surface area contributed by atoms with E-state index in [1.54, 1.807) is 49.0 Å². The van der Waals surface area contributed by atoms with Gasteiger partial charge in [0.2, 0.25) is 0 Å². The van der Waals surface area contributed by atoms with Crippen LogP contribution in [0.15, 0.2) is 47.4 Å². The van der Waals surface area contributed by atoms with Gasteiger partial charge in [0.15, 0.2) is 0 Å². The van der Waals surface area contributed by atoms with Crippen molar-refractivity contribution in [3.63, 3.8) is 0 Å². The van der Waals surface area contributed by atoms with E-state index in [9.17, 15) is 19.7 Å². The molecule has 0 aromatic heterocycles. The Kier molecular flexibility index (Phi) is 5.90. The smallest absolute Gasteiger partial charge is 0.272 e. The molecule has 0 radical (unpaired) electrons. The molecule has 1 saturated carbocycles. The molecule has 30 heavy (non-hydrogen) atoms. The van der Waals surface area contributed by atoms with E-state index < -0.39 is 0 Å². The summed E-state index contributed by atoms with van der Waals surface area (Å²) < 4.78 is 0. The van der Waals surface area contributed by atoms with E-state index in [0.717, 1.165) is 36.3 Å². The number of aryl methyl sites for hydroxylation is 1. The summed E-state index contributed by atoms with van der Waals surface area (Å²) >= 11 is 1.75. The number of nitro benzene ring substituents is 1. The predicted molar refractivity (Wildman–Crippen MR) is 116 cm³/mol. The number of nitrogens with zero attached hydrogens (tertiary/aromatic N) is 2. The number of nitro groups is 1. The molecule has 1 aliphatic carbocycles. The molecule has 2 amide bonds. The van der Waals surface area contributed by atoms with Gasteiger partial charge in [-0.1, -0.05) is 12.1 Å². The summed E-state index contributed by atoms with van der Waals surface area (Å²) in [6.45, 7) is 2.28. The largest absolute Gasteiger partial charge is 0.274 e. The van der Waals surface area contributed by atoms with Gasteiger partial charge in [-0.25, -0.2) is 0 Å². The van der Waals surface area contributed by atoms with Gasteiger partial charge in [0.1, 0.15) is 0 Å². The summed E-state index contributed by atoms with van der Waals surface area (Å²) in [5, 5.41) is 11.0. The van der Waals surface area contributed by atoms with Gasteiger partial charge in [-0.05, 0) is 68.7 Å². The van der Waals surface area contributed by atoms with Gasteiger partial charge in [-0.15, -0.1) is 11.8 Å². The molecule has 1 fully saturated rings. The Balaban J connectivity index is 1.27. The number of amides is 2. The van der Waals surface area contributed by atoms with Crippen LogP contribution in [-0.4, -0.2) is 33.9 Å². The SMILES string of the molecule is Cc1cc(SCC2CCC(CN3C(=O)c4ccccc4C3=O)CC2)ccc1[N+](=O)[O-]. The van der Waals surface area contributed by atoms with Crippen LogP contribution in [0.1, 0.15) is 52.0 Å². The lowest BCUT2D eigenvalue weighted by Gasteiger charge is -2.30. The molecule has 2 aromatic rings. The summed E-state index contributed by atoms with van der Waals surface area (Å²) in [6, 6.07) is 12.3. The molecular weight excluding hydrogens is 400 g/mol. The molecule has 1 heterocycles. The van der Waals surface area contributed by atoms with E-state index in [2.05, 4.69) is 0 Å². The van der Waals surface area contributed by atoms with Crippen LogP contribution < -0.4 is 0 Å². The molecule has 0 atom stereocenters. The molecule has 0 spiro atoms. The normalized spacial score (nSPS) is 21.0. The highest BCUT2D eigenvalue weighted by Crippen LogP contribution is 2.35. The van der Waals surface area contributed by atoms with Gasteiger partial charge in [0.05, 0.1) is 16.1 Å². The lowest BCUT2D eigenvalue weighted by Crippen LogP contribution is -2.36. The third-order valence-electron chi connectivity index (χ3n) is 6.14. The minimum absolute atomic E-state index is 0.160. The highest BCUT2D eigenvalue weighted by Gasteiger charge is 2.37. The molecule has 1 aliphatic heterocycles. The van der Waals surface area contributed by atoms with Gasteiger partial charge in [0.25, 0.3) is 17.5 Å². The van der Waals surface area contributed by atoms with Crippen molar-refractivity contribution in [1.29, 1.82) is 0 Å². The Bertz CT molecular complexity index is 963. The van der Waals surface area contributed by atoms with Crippen molar-refractivity contribution in [2.75, 3.05) is 12.3 Å². The van der Waals surface area contributed by atoms with Crippen LogP contribution in [0.25, 0.3) is 0 Å². The summed E-state index contributed by atoms with van der Waals surface area (Å²) in [4.78, 5) is 38.2. The van der Waals surface area contributed by atoms with Crippen molar-refractivity contribution in [3.05, 3.63) is 69.3 Å². The second-order valence-electron chi connectivity index (χ2n) is 8.17. The zero-order valence-electron chi connectivity index (χ0n) is 16.9. The number of thioether (sulfide) groups is 1. The molecule has 6 nitrogen and oxygen atoms in total. The van der Waals surface area contributed by atoms with Crippen LogP contribution in [0.5, 0.6) is 0 Å². The van der Waals surface area contributed by atoms with Gasteiger partial charge >= 0.3 is 0 Å². The van der Waals surface area contributed by atoms with Crippen LogP contribution in [0, 0.1) is 28.9 Å². The highest BCUT2D eigenvalue weighted by atomic mass is 32.2. The van der Waals surface area contributed by atoms with Crippen molar-refractivity contribution >= 4 is 29.3 Å². The molecule has 0 saturated heterocycles. The zero-order chi connectivity index (χ0) is 21.3. The average Bonchev–Trinajstić information content (AvgIpc) is 2.98. The maximum absolute atomic E-state index is 12.6. The van der Waals surface area contributed by atoms with E-state index in [4.69, 9.17) is 0 Å². The molecular formula is C23H24N2O4S. The Morgan fingerprint density at radius 2 is 1.60 bits per heavy atom. The molecule has 0 bridgehead atoms.